The fourth-order valence-corrected chi connectivity index (χ4v) is 3.28. The van der Waals surface area contributed by atoms with Crippen LogP contribution in [-0.4, -0.2) is 40.0 Å². The number of piperidine rings is 1. The molecule has 0 saturated carbocycles. The fourth-order valence-electron chi connectivity index (χ4n) is 2.28. The topological polar surface area (TPSA) is 87.3 Å². The molecule has 1 aromatic carbocycles. The quantitative estimate of drug-likeness (QED) is 0.670. The molecule has 1 aliphatic heterocycles. The van der Waals surface area contributed by atoms with Gasteiger partial charge in [-0.2, -0.15) is 0 Å². The molecule has 0 aromatic heterocycles. The SMILES string of the molecule is C=CCNS(=O)(=O)c1ccc(C(=O)N[C@H]2CCCNC2)cc1. The summed E-state index contributed by atoms with van der Waals surface area (Å²) in [5.41, 5.74) is 0.452. The van der Waals surface area contributed by atoms with Crippen LogP contribution in [0.4, 0.5) is 0 Å². The van der Waals surface area contributed by atoms with Crippen molar-refractivity contribution in [1.29, 1.82) is 0 Å². The molecule has 1 fully saturated rings. The highest BCUT2D eigenvalue weighted by Crippen LogP contribution is 2.11. The summed E-state index contributed by atoms with van der Waals surface area (Å²) in [6.07, 6.45) is 3.46. The smallest absolute Gasteiger partial charge is 0.251 e. The Hall–Kier alpha value is -1.70. The van der Waals surface area contributed by atoms with Crippen LogP contribution in [0.25, 0.3) is 0 Å². The van der Waals surface area contributed by atoms with E-state index in [2.05, 4.69) is 21.9 Å². The first-order valence-corrected chi connectivity index (χ1v) is 8.73. The zero-order valence-corrected chi connectivity index (χ0v) is 13.2. The molecule has 0 spiro atoms. The molecule has 3 N–H and O–H groups in total. The van der Waals surface area contributed by atoms with E-state index in [0.717, 1.165) is 25.9 Å². The molecule has 0 bridgehead atoms. The van der Waals surface area contributed by atoms with Gasteiger partial charge in [-0.25, -0.2) is 13.1 Å². The Balaban J connectivity index is 2.01. The first kappa shape index (κ1) is 16.7. The van der Waals surface area contributed by atoms with Gasteiger partial charge in [-0.15, -0.1) is 6.58 Å². The number of amides is 1. The molecule has 6 nitrogen and oxygen atoms in total. The Morgan fingerprint density at radius 2 is 2.09 bits per heavy atom. The summed E-state index contributed by atoms with van der Waals surface area (Å²) in [5.74, 6) is -0.184. The van der Waals surface area contributed by atoms with Crippen LogP contribution in [0.2, 0.25) is 0 Å². The molecule has 1 saturated heterocycles. The van der Waals surface area contributed by atoms with Gasteiger partial charge in [0.05, 0.1) is 4.90 Å². The maximum absolute atomic E-state index is 12.1. The molecular formula is C15H21N3O3S. The number of hydrogen-bond donors (Lipinski definition) is 3. The first-order chi connectivity index (χ1) is 10.5. The van der Waals surface area contributed by atoms with Crippen molar-refractivity contribution in [3.63, 3.8) is 0 Å². The predicted molar refractivity (Wildman–Crippen MR) is 85.2 cm³/mol. The van der Waals surface area contributed by atoms with Crippen molar-refractivity contribution >= 4 is 15.9 Å². The summed E-state index contributed by atoms with van der Waals surface area (Å²) in [6.45, 7) is 5.38. The van der Waals surface area contributed by atoms with Crippen LogP contribution in [0.15, 0.2) is 41.8 Å². The van der Waals surface area contributed by atoms with Gasteiger partial charge in [-0.05, 0) is 43.7 Å². The molecule has 22 heavy (non-hydrogen) atoms. The van der Waals surface area contributed by atoms with E-state index >= 15 is 0 Å². The molecule has 1 aromatic rings. The summed E-state index contributed by atoms with van der Waals surface area (Å²) in [6, 6.07) is 6.03. The largest absolute Gasteiger partial charge is 0.348 e. The van der Waals surface area contributed by atoms with Gasteiger partial charge in [0.1, 0.15) is 0 Å². The lowest BCUT2D eigenvalue weighted by Gasteiger charge is -2.23. The zero-order chi connectivity index (χ0) is 16.0. The Bertz CT molecular complexity index is 620. The Morgan fingerprint density at radius 1 is 1.36 bits per heavy atom. The minimum absolute atomic E-state index is 0.124. The van der Waals surface area contributed by atoms with Crippen LogP contribution < -0.4 is 15.4 Å². The van der Waals surface area contributed by atoms with Crippen molar-refractivity contribution < 1.29 is 13.2 Å². The minimum Gasteiger partial charge on any atom is -0.348 e. The molecule has 2 rings (SSSR count). The van der Waals surface area contributed by atoms with Crippen molar-refractivity contribution in [1.82, 2.24) is 15.4 Å². The second kappa shape index (κ2) is 7.53. The molecule has 1 aliphatic rings. The third kappa shape index (κ3) is 4.40. The molecule has 1 amide bonds. The Labute approximate surface area is 131 Å². The third-order valence-electron chi connectivity index (χ3n) is 3.48. The van der Waals surface area contributed by atoms with E-state index in [1.54, 1.807) is 0 Å². The molecule has 0 radical (unpaired) electrons. The summed E-state index contributed by atoms with van der Waals surface area (Å²) in [7, 11) is -3.56. The van der Waals surface area contributed by atoms with E-state index in [1.807, 2.05) is 0 Å². The number of carbonyl (C=O) groups excluding carboxylic acids is 1. The second-order valence-corrected chi connectivity index (χ2v) is 6.95. The molecule has 1 heterocycles. The van der Waals surface area contributed by atoms with Crippen LogP contribution in [0, 0.1) is 0 Å². The predicted octanol–water partition coefficient (Wildman–Crippen LogP) is 0.633. The number of rotatable bonds is 6. The van der Waals surface area contributed by atoms with Crippen molar-refractivity contribution in [3.8, 4) is 0 Å². The van der Waals surface area contributed by atoms with Gasteiger partial charge in [0.15, 0.2) is 0 Å². The standard InChI is InChI=1S/C15H21N3O3S/c1-2-9-17-22(20,21)14-7-5-12(6-8-14)15(19)18-13-4-3-10-16-11-13/h2,5-8,13,16-17H,1,3-4,9-11H2,(H,18,19)/t13-/m0/s1. The van der Waals surface area contributed by atoms with E-state index in [0.29, 0.717) is 5.56 Å². The zero-order valence-electron chi connectivity index (χ0n) is 12.3. The van der Waals surface area contributed by atoms with E-state index in [9.17, 15) is 13.2 Å². The molecular weight excluding hydrogens is 302 g/mol. The maximum Gasteiger partial charge on any atom is 0.251 e. The maximum atomic E-state index is 12.1. The van der Waals surface area contributed by atoms with Crippen molar-refractivity contribution in [3.05, 3.63) is 42.5 Å². The first-order valence-electron chi connectivity index (χ1n) is 7.25. The molecule has 0 aliphatic carbocycles. The number of benzene rings is 1. The van der Waals surface area contributed by atoms with Crippen LogP contribution in [-0.2, 0) is 10.0 Å². The van der Waals surface area contributed by atoms with Gasteiger partial charge in [0.2, 0.25) is 10.0 Å². The summed E-state index contributed by atoms with van der Waals surface area (Å²) >= 11 is 0. The Morgan fingerprint density at radius 3 is 2.68 bits per heavy atom. The lowest BCUT2D eigenvalue weighted by molar-refractivity contribution is 0.0930. The van der Waals surface area contributed by atoms with E-state index in [4.69, 9.17) is 0 Å². The summed E-state index contributed by atoms with van der Waals surface area (Å²) < 4.78 is 26.2. The van der Waals surface area contributed by atoms with Crippen molar-refractivity contribution in [2.24, 2.45) is 0 Å². The van der Waals surface area contributed by atoms with Gasteiger partial charge >= 0.3 is 0 Å². The minimum atomic E-state index is -3.56. The molecule has 1 atom stereocenters. The second-order valence-electron chi connectivity index (χ2n) is 5.18. The number of sulfonamides is 1. The van der Waals surface area contributed by atoms with Crippen LogP contribution >= 0.6 is 0 Å². The molecule has 7 heteroatoms. The monoisotopic (exact) mass is 323 g/mol. The average Bonchev–Trinajstić information content (AvgIpc) is 2.54. The average molecular weight is 323 g/mol. The third-order valence-corrected chi connectivity index (χ3v) is 4.92. The van der Waals surface area contributed by atoms with Crippen molar-refractivity contribution in [2.75, 3.05) is 19.6 Å². The highest BCUT2D eigenvalue weighted by atomic mass is 32.2. The van der Waals surface area contributed by atoms with E-state index in [1.165, 1.54) is 30.3 Å². The van der Waals surface area contributed by atoms with E-state index in [-0.39, 0.29) is 23.4 Å². The highest BCUT2D eigenvalue weighted by molar-refractivity contribution is 7.89. The highest BCUT2D eigenvalue weighted by Gasteiger charge is 2.17. The van der Waals surface area contributed by atoms with Crippen LogP contribution in [0.3, 0.4) is 0 Å². The summed E-state index contributed by atoms with van der Waals surface area (Å²) in [4.78, 5) is 12.3. The number of carbonyl (C=O) groups is 1. The van der Waals surface area contributed by atoms with Gasteiger partial charge in [0, 0.05) is 24.7 Å². The van der Waals surface area contributed by atoms with Crippen molar-refractivity contribution in [2.45, 2.75) is 23.8 Å². The van der Waals surface area contributed by atoms with Crippen LogP contribution in [0.1, 0.15) is 23.2 Å². The van der Waals surface area contributed by atoms with Crippen LogP contribution in [0.5, 0.6) is 0 Å². The number of hydrogen-bond acceptors (Lipinski definition) is 4. The van der Waals surface area contributed by atoms with Gasteiger partial charge in [-0.3, -0.25) is 4.79 Å². The summed E-state index contributed by atoms with van der Waals surface area (Å²) in [5, 5.41) is 6.18. The Kier molecular flexibility index (Phi) is 5.70. The van der Waals surface area contributed by atoms with Gasteiger partial charge < -0.3 is 10.6 Å². The molecule has 120 valence electrons. The fraction of sp³-hybridized carbons (Fsp3) is 0.400. The van der Waals surface area contributed by atoms with Gasteiger partial charge in [0.25, 0.3) is 5.91 Å². The lowest BCUT2D eigenvalue weighted by atomic mass is 10.1. The normalized spacial score (nSPS) is 18.6. The molecule has 0 unspecified atom stereocenters. The lowest BCUT2D eigenvalue weighted by Crippen LogP contribution is -2.45. The van der Waals surface area contributed by atoms with Gasteiger partial charge in [-0.1, -0.05) is 6.08 Å². The van der Waals surface area contributed by atoms with E-state index < -0.39 is 10.0 Å². The number of nitrogens with one attached hydrogen (secondary N) is 3.